The van der Waals surface area contributed by atoms with Crippen molar-refractivity contribution in [1.82, 2.24) is 19.3 Å². The Labute approximate surface area is 179 Å². The van der Waals surface area contributed by atoms with Gasteiger partial charge in [-0.2, -0.15) is 31.8 Å². The van der Waals surface area contributed by atoms with E-state index in [-0.39, 0.29) is 44.0 Å². The normalized spacial score (nSPS) is 16.8. The second kappa shape index (κ2) is 8.57. The highest BCUT2D eigenvalue weighted by atomic mass is 32.2. The number of piperazine rings is 1. The zero-order valence-corrected chi connectivity index (χ0v) is 17.9. The minimum Gasteiger partial charge on any atom is -0.760 e. The van der Waals surface area contributed by atoms with Gasteiger partial charge in [-0.1, -0.05) is 0 Å². The Kier molecular flexibility index (Phi) is 6.41. The molecule has 18 heteroatoms. The fourth-order valence-corrected chi connectivity index (χ4v) is 4.32. The summed E-state index contributed by atoms with van der Waals surface area (Å²) in [6, 6.07) is 2.32. The molecule has 3 rings (SSSR count). The van der Waals surface area contributed by atoms with Gasteiger partial charge in [0.25, 0.3) is 20.2 Å². The average Bonchev–Trinajstić information content (AvgIpc) is 2.66. The van der Waals surface area contributed by atoms with Gasteiger partial charge in [0.05, 0.1) is 10.6 Å². The Morgan fingerprint density at radius 2 is 1.68 bits per heavy atom. The number of anilines is 4. The molecule has 0 aliphatic carbocycles. The van der Waals surface area contributed by atoms with E-state index in [4.69, 9.17) is 5.73 Å². The minimum atomic E-state index is -4.79. The SMILES string of the molecule is Nc1nc(Nc2cc(S(=O)(=O)O)ccc2S(=O)(=O)O)nc(N2CCN(S(=O)[O-])CC2)n1. The van der Waals surface area contributed by atoms with Crippen molar-refractivity contribution < 1.29 is 34.7 Å². The van der Waals surface area contributed by atoms with Crippen LogP contribution in [0.25, 0.3) is 0 Å². The van der Waals surface area contributed by atoms with Gasteiger partial charge in [0.15, 0.2) is 0 Å². The summed E-state index contributed by atoms with van der Waals surface area (Å²) in [6.45, 7) is 0.832. The number of hydrogen-bond acceptors (Lipinski definition) is 12. The molecule has 1 aliphatic heterocycles. The topological polar surface area (TPSA) is 232 Å². The van der Waals surface area contributed by atoms with Crippen molar-refractivity contribution >= 4 is 55.0 Å². The van der Waals surface area contributed by atoms with Crippen LogP contribution in [0.15, 0.2) is 28.0 Å². The number of nitrogens with zero attached hydrogens (tertiary/aromatic N) is 5. The fraction of sp³-hybridized carbons (Fsp3) is 0.308. The van der Waals surface area contributed by atoms with Gasteiger partial charge in [0, 0.05) is 37.4 Å². The first-order chi connectivity index (χ1) is 14.3. The summed E-state index contributed by atoms with van der Waals surface area (Å²) >= 11 is -2.36. The van der Waals surface area contributed by atoms with Crippen molar-refractivity contribution in [3.05, 3.63) is 18.2 Å². The van der Waals surface area contributed by atoms with Gasteiger partial charge in [0.1, 0.15) is 4.90 Å². The maximum absolute atomic E-state index is 11.6. The van der Waals surface area contributed by atoms with E-state index in [0.29, 0.717) is 0 Å². The van der Waals surface area contributed by atoms with Crippen LogP contribution in [-0.4, -0.2) is 80.1 Å². The predicted molar refractivity (Wildman–Crippen MR) is 106 cm³/mol. The van der Waals surface area contributed by atoms with Gasteiger partial charge in [-0.05, 0) is 18.2 Å². The Bertz CT molecular complexity index is 1230. The van der Waals surface area contributed by atoms with E-state index in [0.717, 1.165) is 18.2 Å². The first-order valence-corrected chi connectivity index (χ1v) is 12.2. The molecule has 15 nitrogen and oxygen atoms in total. The van der Waals surface area contributed by atoms with Gasteiger partial charge >= 0.3 is 0 Å². The van der Waals surface area contributed by atoms with Crippen LogP contribution >= 0.6 is 0 Å². The monoisotopic (exact) mass is 494 g/mol. The van der Waals surface area contributed by atoms with Crippen molar-refractivity contribution in [3.8, 4) is 0 Å². The third kappa shape index (κ3) is 5.61. The molecule has 2 heterocycles. The molecule has 0 radical (unpaired) electrons. The average molecular weight is 495 g/mol. The van der Waals surface area contributed by atoms with Gasteiger partial charge in [-0.3, -0.25) is 13.3 Å². The van der Waals surface area contributed by atoms with Crippen LogP contribution in [0.4, 0.5) is 23.5 Å². The second-order valence-corrected chi connectivity index (χ2v) is 9.95. The molecule has 1 unspecified atom stereocenters. The molecule has 1 aromatic carbocycles. The standard InChI is InChI=1S/C13H17N7O8S3/c14-11-16-12(18-13(17-11)19-3-5-20(6-4-19)29(21)22)15-9-7-8(30(23,24)25)1-2-10(9)31(26,27)28/h1-2,7H,3-6H2,(H,21,22)(H,23,24,25)(H,26,27,28)(H3,14,15,16,17,18)/p-1. The Hall–Kier alpha value is -2.48. The summed E-state index contributed by atoms with van der Waals surface area (Å²) < 4.78 is 87.9. The number of benzene rings is 1. The molecule has 1 fully saturated rings. The number of nitrogens with one attached hydrogen (secondary N) is 1. The molecule has 1 aromatic heterocycles. The lowest BCUT2D eigenvalue weighted by atomic mass is 10.3. The van der Waals surface area contributed by atoms with E-state index in [9.17, 15) is 34.7 Å². The first kappa shape index (κ1) is 23.2. The minimum absolute atomic E-state index is 0.0608. The van der Waals surface area contributed by atoms with E-state index in [1.807, 2.05) is 0 Å². The third-order valence-electron chi connectivity index (χ3n) is 4.15. The van der Waals surface area contributed by atoms with E-state index < -0.39 is 47.0 Å². The number of nitrogen functional groups attached to an aromatic ring is 1. The Morgan fingerprint density at radius 3 is 2.23 bits per heavy atom. The number of rotatable bonds is 6. The molecule has 1 atom stereocenters. The summed E-state index contributed by atoms with van der Waals surface area (Å²) in [5.41, 5.74) is 5.23. The van der Waals surface area contributed by atoms with E-state index in [1.54, 1.807) is 4.90 Å². The van der Waals surface area contributed by atoms with Crippen molar-refractivity contribution in [3.63, 3.8) is 0 Å². The number of aromatic nitrogens is 3. The molecule has 0 bridgehead atoms. The molecule has 31 heavy (non-hydrogen) atoms. The molecular weight excluding hydrogens is 478 g/mol. The molecule has 0 amide bonds. The van der Waals surface area contributed by atoms with Crippen molar-refractivity contribution in [2.24, 2.45) is 0 Å². The lowest BCUT2D eigenvalue weighted by molar-refractivity contribution is 0.365. The highest BCUT2D eigenvalue weighted by Gasteiger charge is 2.23. The fourth-order valence-electron chi connectivity index (χ4n) is 2.73. The highest BCUT2D eigenvalue weighted by molar-refractivity contribution is 7.86. The Balaban J connectivity index is 1.95. The molecular formula is C13H16N7O8S3-. The maximum Gasteiger partial charge on any atom is 0.296 e. The summed E-state index contributed by atoms with van der Waals surface area (Å²) in [6.07, 6.45) is 0. The first-order valence-electron chi connectivity index (χ1n) is 8.31. The van der Waals surface area contributed by atoms with Crippen molar-refractivity contribution in [1.29, 1.82) is 0 Å². The van der Waals surface area contributed by atoms with E-state index >= 15 is 0 Å². The maximum atomic E-state index is 11.6. The van der Waals surface area contributed by atoms with Crippen LogP contribution in [0.3, 0.4) is 0 Å². The molecule has 170 valence electrons. The van der Waals surface area contributed by atoms with Crippen molar-refractivity contribution in [2.75, 3.05) is 42.1 Å². The quantitative estimate of drug-likeness (QED) is 0.267. The smallest absolute Gasteiger partial charge is 0.296 e. The molecule has 0 spiro atoms. The molecule has 1 aliphatic rings. The van der Waals surface area contributed by atoms with Crippen LogP contribution in [0.2, 0.25) is 0 Å². The number of nitrogens with two attached hydrogens (primary N) is 1. The number of hydrogen-bond donors (Lipinski definition) is 4. The van der Waals surface area contributed by atoms with Gasteiger partial charge in [-0.15, -0.1) is 0 Å². The highest BCUT2D eigenvalue weighted by Crippen LogP contribution is 2.27. The molecule has 5 N–H and O–H groups in total. The van der Waals surface area contributed by atoms with Crippen LogP contribution in [-0.2, 0) is 31.5 Å². The van der Waals surface area contributed by atoms with Crippen LogP contribution in [0.5, 0.6) is 0 Å². The van der Waals surface area contributed by atoms with Crippen LogP contribution < -0.4 is 16.0 Å². The molecule has 0 saturated carbocycles. The predicted octanol–water partition coefficient (Wildman–Crippen LogP) is -1.39. The molecule has 2 aromatic rings. The van der Waals surface area contributed by atoms with Crippen LogP contribution in [0, 0.1) is 0 Å². The zero-order valence-electron chi connectivity index (χ0n) is 15.4. The zero-order chi connectivity index (χ0) is 23.0. The van der Waals surface area contributed by atoms with E-state index in [1.165, 1.54) is 4.31 Å². The summed E-state index contributed by atoms with van der Waals surface area (Å²) in [7, 11) is -9.47. The summed E-state index contributed by atoms with van der Waals surface area (Å²) in [5, 5.41) is 2.45. The van der Waals surface area contributed by atoms with Crippen molar-refractivity contribution in [2.45, 2.75) is 9.79 Å². The lowest BCUT2D eigenvalue weighted by Crippen LogP contribution is -2.47. The van der Waals surface area contributed by atoms with Gasteiger partial charge in [0.2, 0.25) is 17.8 Å². The second-order valence-electron chi connectivity index (χ2n) is 6.18. The van der Waals surface area contributed by atoms with Gasteiger partial charge in [-0.25, -0.2) is 4.31 Å². The largest absolute Gasteiger partial charge is 0.760 e. The van der Waals surface area contributed by atoms with Crippen LogP contribution in [0.1, 0.15) is 0 Å². The summed E-state index contributed by atoms with van der Waals surface area (Å²) in [4.78, 5) is 12.1. The summed E-state index contributed by atoms with van der Waals surface area (Å²) in [5.74, 6) is -0.484. The van der Waals surface area contributed by atoms with Gasteiger partial charge < -0.3 is 20.5 Å². The van der Waals surface area contributed by atoms with E-state index in [2.05, 4.69) is 20.3 Å². The molecule has 1 saturated heterocycles. The third-order valence-corrected chi connectivity index (χ3v) is 6.69. The lowest BCUT2D eigenvalue weighted by Gasteiger charge is -2.35. The Morgan fingerprint density at radius 1 is 1.03 bits per heavy atom.